The fourth-order valence-corrected chi connectivity index (χ4v) is 1.99. The molecule has 1 rings (SSSR count). The maximum atomic E-state index is 4.42. The molecule has 0 radical (unpaired) electrons. The number of aromatic nitrogens is 3. The third-order valence-electron chi connectivity index (χ3n) is 2.85. The molecule has 98 valence electrons. The zero-order valence-corrected chi connectivity index (χ0v) is 11.8. The molecule has 0 amide bonds. The van der Waals surface area contributed by atoms with Crippen molar-refractivity contribution in [2.24, 2.45) is 5.92 Å². The molecule has 1 aromatic rings. The molecule has 1 heterocycles. The molecule has 0 aliphatic heterocycles. The van der Waals surface area contributed by atoms with Gasteiger partial charge in [0.05, 0.1) is 6.04 Å². The van der Waals surface area contributed by atoms with Crippen LogP contribution in [0.4, 0.5) is 0 Å². The van der Waals surface area contributed by atoms with Crippen molar-refractivity contribution in [2.45, 2.75) is 53.5 Å². The largest absolute Gasteiger partial charge is 0.316 e. The molecule has 0 aromatic carbocycles. The standard InChI is InChI=1S/C13H26N4/c1-10(2)9-14-8-6-7-11(3)17-13(5)15-12(4)16-17/h10-11,14H,6-9H2,1-5H3. The van der Waals surface area contributed by atoms with Crippen molar-refractivity contribution in [3.63, 3.8) is 0 Å². The van der Waals surface area contributed by atoms with Crippen LogP contribution in [0.3, 0.4) is 0 Å². The van der Waals surface area contributed by atoms with Crippen molar-refractivity contribution in [2.75, 3.05) is 13.1 Å². The van der Waals surface area contributed by atoms with Gasteiger partial charge in [-0.05, 0) is 52.6 Å². The predicted octanol–water partition coefficient (Wildman–Crippen LogP) is 2.48. The topological polar surface area (TPSA) is 42.7 Å². The minimum absolute atomic E-state index is 0.442. The first-order valence-electron chi connectivity index (χ1n) is 6.61. The molecule has 1 unspecified atom stereocenters. The average molecular weight is 238 g/mol. The monoisotopic (exact) mass is 238 g/mol. The van der Waals surface area contributed by atoms with Crippen LogP contribution < -0.4 is 5.32 Å². The lowest BCUT2D eigenvalue weighted by Crippen LogP contribution is -2.21. The maximum absolute atomic E-state index is 4.42. The van der Waals surface area contributed by atoms with E-state index in [0.29, 0.717) is 6.04 Å². The highest BCUT2D eigenvalue weighted by Gasteiger charge is 2.09. The van der Waals surface area contributed by atoms with E-state index >= 15 is 0 Å². The van der Waals surface area contributed by atoms with Crippen LogP contribution >= 0.6 is 0 Å². The van der Waals surface area contributed by atoms with Gasteiger partial charge in [0, 0.05) is 0 Å². The SMILES string of the molecule is Cc1nc(C)n(C(C)CCCNCC(C)C)n1. The van der Waals surface area contributed by atoms with Crippen LogP contribution in [0.25, 0.3) is 0 Å². The molecule has 0 saturated carbocycles. The molecule has 1 N–H and O–H groups in total. The van der Waals surface area contributed by atoms with E-state index in [9.17, 15) is 0 Å². The highest BCUT2D eigenvalue weighted by atomic mass is 15.4. The highest BCUT2D eigenvalue weighted by molar-refractivity contribution is 4.89. The summed E-state index contributed by atoms with van der Waals surface area (Å²) < 4.78 is 2.04. The molecule has 0 aliphatic carbocycles. The first kappa shape index (κ1) is 14.2. The Kier molecular flexibility index (Phi) is 5.62. The Morgan fingerprint density at radius 1 is 1.24 bits per heavy atom. The van der Waals surface area contributed by atoms with Crippen molar-refractivity contribution < 1.29 is 0 Å². The van der Waals surface area contributed by atoms with Crippen LogP contribution in [0.5, 0.6) is 0 Å². The van der Waals surface area contributed by atoms with Crippen molar-refractivity contribution in [1.82, 2.24) is 20.1 Å². The summed E-state index contributed by atoms with van der Waals surface area (Å²) in [5.41, 5.74) is 0. The summed E-state index contributed by atoms with van der Waals surface area (Å²) in [5.74, 6) is 2.62. The normalized spacial score (nSPS) is 13.3. The van der Waals surface area contributed by atoms with Crippen LogP contribution in [-0.2, 0) is 0 Å². The van der Waals surface area contributed by atoms with Crippen LogP contribution in [-0.4, -0.2) is 27.9 Å². The van der Waals surface area contributed by atoms with Gasteiger partial charge < -0.3 is 5.32 Å². The summed E-state index contributed by atoms with van der Waals surface area (Å²) in [5, 5.41) is 7.89. The fraction of sp³-hybridized carbons (Fsp3) is 0.846. The molecule has 17 heavy (non-hydrogen) atoms. The third-order valence-corrected chi connectivity index (χ3v) is 2.85. The third kappa shape index (κ3) is 4.86. The number of hydrogen-bond donors (Lipinski definition) is 1. The average Bonchev–Trinajstić information content (AvgIpc) is 2.56. The summed E-state index contributed by atoms with van der Waals surface area (Å²) >= 11 is 0. The molecule has 1 aromatic heterocycles. The second-order valence-corrected chi connectivity index (χ2v) is 5.24. The lowest BCUT2D eigenvalue weighted by molar-refractivity contribution is 0.423. The number of nitrogens with zero attached hydrogens (tertiary/aromatic N) is 3. The number of hydrogen-bond acceptors (Lipinski definition) is 3. The Balaban J connectivity index is 2.25. The van der Waals surface area contributed by atoms with Gasteiger partial charge in [0.1, 0.15) is 11.6 Å². The number of rotatable bonds is 7. The van der Waals surface area contributed by atoms with Crippen LogP contribution in [0.2, 0.25) is 0 Å². The van der Waals surface area contributed by atoms with Crippen molar-refractivity contribution in [3.8, 4) is 0 Å². The highest BCUT2D eigenvalue weighted by Crippen LogP contribution is 2.13. The number of aryl methyl sites for hydroxylation is 2. The van der Waals surface area contributed by atoms with Gasteiger partial charge in [-0.2, -0.15) is 5.10 Å². The molecule has 0 saturated heterocycles. The van der Waals surface area contributed by atoms with E-state index < -0.39 is 0 Å². The zero-order valence-electron chi connectivity index (χ0n) is 11.8. The molecular formula is C13H26N4. The van der Waals surface area contributed by atoms with E-state index in [-0.39, 0.29) is 0 Å². The Hall–Kier alpha value is -0.900. The zero-order chi connectivity index (χ0) is 12.8. The molecule has 1 atom stereocenters. The summed E-state index contributed by atoms with van der Waals surface area (Å²) in [7, 11) is 0. The second kappa shape index (κ2) is 6.74. The first-order chi connectivity index (χ1) is 8.00. The van der Waals surface area contributed by atoms with Gasteiger partial charge in [-0.25, -0.2) is 9.67 Å². The molecule has 0 aliphatic rings. The minimum Gasteiger partial charge on any atom is -0.316 e. The van der Waals surface area contributed by atoms with E-state index in [1.165, 1.54) is 6.42 Å². The summed E-state index contributed by atoms with van der Waals surface area (Å²) in [6.45, 7) is 12.8. The van der Waals surface area contributed by atoms with Gasteiger partial charge >= 0.3 is 0 Å². The van der Waals surface area contributed by atoms with Gasteiger partial charge in [0.15, 0.2) is 0 Å². The minimum atomic E-state index is 0.442. The van der Waals surface area contributed by atoms with Crippen LogP contribution in [0.1, 0.15) is 51.3 Å². The van der Waals surface area contributed by atoms with Gasteiger partial charge in [0.25, 0.3) is 0 Å². The van der Waals surface area contributed by atoms with E-state index in [1.54, 1.807) is 0 Å². The van der Waals surface area contributed by atoms with Crippen LogP contribution in [0.15, 0.2) is 0 Å². The van der Waals surface area contributed by atoms with Gasteiger partial charge in [-0.3, -0.25) is 0 Å². The van der Waals surface area contributed by atoms with Crippen LogP contribution in [0, 0.1) is 19.8 Å². The Morgan fingerprint density at radius 2 is 1.94 bits per heavy atom. The van der Waals surface area contributed by atoms with Gasteiger partial charge in [-0.15, -0.1) is 0 Å². The first-order valence-corrected chi connectivity index (χ1v) is 6.61. The predicted molar refractivity (Wildman–Crippen MR) is 71.1 cm³/mol. The van der Waals surface area contributed by atoms with Crippen molar-refractivity contribution in [3.05, 3.63) is 11.6 Å². The molecule has 0 spiro atoms. The Labute approximate surface area is 105 Å². The fourth-order valence-electron chi connectivity index (χ4n) is 1.99. The molecule has 0 fully saturated rings. The van der Waals surface area contributed by atoms with E-state index in [0.717, 1.165) is 37.1 Å². The van der Waals surface area contributed by atoms with Gasteiger partial charge in [-0.1, -0.05) is 13.8 Å². The van der Waals surface area contributed by atoms with E-state index in [2.05, 4.69) is 36.2 Å². The van der Waals surface area contributed by atoms with Crippen molar-refractivity contribution in [1.29, 1.82) is 0 Å². The Bertz CT molecular complexity index is 330. The number of nitrogens with one attached hydrogen (secondary N) is 1. The van der Waals surface area contributed by atoms with E-state index in [1.807, 2.05) is 18.5 Å². The smallest absolute Gasteiger partial charge is 0.147 e. The molecule has 4 heteroatoms. The second-order valence-electron chi connectivity index (χ2n) is 5.24. The molecule has 4 nitrogen and oxygen atoms in total. The van der Waals surface area contributed by atoms with Gasteiger partial charge in [0.2, 0.25) is 0 Å². The quantitative estimate of drug-likeness (QED) is 0.742. The van der Waals surface area contributed by atoms with Crippen molar-refractivity contribution >= 4 is 0 Å². The Morgan fingerprint density at radius 3 is 2.47 bits per heavy atom. The van der Waals surface area contributed by atoms with E-state index in [4.69, 9.17) is 0 Å². The summed E-state index contributed by atoms with van der Waals surface area (Å²) in [6, 6.07) is 0.442. The molecule has 0 bridgehead atoms. The maximum Gasteiger partial charge on any atom is 0.147 e. The lowest BCUT2D eigenvalue weighted by atomic mass is 10.1. The summed E-state index contributed by atoms with van der Waals surface area (Å²) in [4.78, 5) is 4.34. The lowest BCUT2D eigenvalue weighted by Gasteiger charge is -2.13. The summed E-state index contributed by atoms with van der Waals surface area (Å²) in [6.07, 6.45) is 2.33. The molecular weight excluding hydrogens is 212 g/mol.